The van der Waals surface area contributed by atoms with Crippen LogP contribution in [-0.4, -0.2) is 23.3 Å². The van der Waals surface area contributed by atoms with E-state index in [1.54, 1.807) is 0 Å². The van der Waals surface area contributed by atoms with Crippen LogP contribution in [0.15, 0.2) is 12.2 Å². The lowest BCUT2D eigenvalue weighted by molar-refractivity contribution is -0.144. The zero-order valence-corrected chi connectivity index (χ0v) is 14.5. The highest BCUT2D eigenvalue weighted by molar-refractivity contribution is 5.81. The molecular weight excluding hydrogens is 276 g/mol. The summed E-state index contributed by atoms with van der Waals surface area (Å²) in [5.74, 6) is -0.752. The lowest BCUT2D eigenvalue weighted by Crippen LogP contribution is -2.32. The first-order valence-electron chi connectivity index (χ1n) is 9.21. The fraction of sp³-hybridized carbons (Fsp3) is 0.842. The molecule has 1 saturated heterocycles. The molecule has 2 unspecified atom stereocenters. The van der Waals surface area contributed by atoms with Crippen molar-refractivity contribution in [2.24, 2.45) is 5.92 Å². The highest BCUT2D eigenvalue weighted by Crippen LogP contribution is 2.39. The molecular formula is C19H34O3. The van der Waals surface area contributed by atoms with Crippen molar-refractivity contribution in [2.75, 3.05) is 6.61 Å². The Bertz CT molecular complexity index is 332. The quantitative estimate of drug-likeness (QED) is 0.267. The lowest BCUT2D eigenvalue weighted by Gasteiger charge is -2.17. The number of rotatable bonds is 14. The topological polar surface area (TPSA) is 49.8 Å². The molecule has 0 spiro atoms. The number of carboxylic acid groups (broad SMARTS) is 1. The van der Waals surface area contributed by atoms with Crippen molar-refractivity contribution < 1.29 is 14.6 Å². The van der Waals surface area contributed by atoms with Crippen LogP contribution in [0.1, 0.15) is 84.5 Å². The number of ether oxygens (including phenoxy) is 1. The SMILES string of the molecule is CCCCCCC/C=C\C(CCCCCC)C1(C(=O)O)CO1. The number of carbonyl (C=O) groups is 1. The smallest absolute Gasteiger partial charge is 0.339 e. The predicted octanol–water partition coefficient (Wildman–Crippen LogP) is 5.34. The molecule has 0 bridgehead atoms. The van der Waals surface area contributed by atoms with Crippen LogP contribution in [0.2, 0.25) is 0 Å². The third kappa shape index (κ3) is 6.51. The molecule has 0 aromatic rings. The molecule has 0 radical (unpaired) electrons. The molecule has 2 atom stereocenters. The fourth-order valence-electron chi connectivity index (χ4n) is 2.98. The highest BCUT2D eigenvalue weighted by Gasteiger charge is 2.57. The first-order chi connectivity index (χ1) is 10.7. The Morgan fingerprint density at radius 1 is 1.09 bits per heavy atom. The minimum atomic E-state index is -0.912. The van der Waals surface area contributed by atoms with Gasteiger partial charge in [0, 0.05) is 5.92 Å². The van der Waals surface area contributed by atoms with Gasteiger partial charge in [-0.05, 0) is 19.3 Å². The Balaban J connectivity index is 2.36. The third-order valence-electron chi connectivity index (χ3n) is 4.63. The number of hydrogen-bond acceptors (Lipinski definition) is 2. The van der Waals surface area contributed by atoms with E-state index in [0.29, 0.717) is 6.61 Å². The summed E-state index contributed by atoms with van der Waals surface area (Å²) in [5, 5.41) is 9.42. The zero-order chi connectivity index (χ0) is 16.3. The maximum Gasteiger partial charge on any atom is 0.339 e. The summed E-state index contributed by atoms with van der Waals surface area (Å²) in [7, 11) is 0. The van der Waals surface area contributed by atoms with Crippen molar-refractivity contribution in [3.05, 3.63) is 12.2 Å². The molecule has 3 heteroatoms. The van der Waals surface area contributed by atoms with Crippen LogP contribution >= 0.6 is 0 Å². The molecule has 0 aromatic carbocycles. The van der Waals surface area contributed by atoms with Gasteiger partial charge in [0.2, 0.25) is 0 Å². The Labute approximate surface area is 136 Å². The van der Waals surface area contributed by atoms with Gasteiger partial charge in [-0.3, -0.25) is 0 Å². The standard InChI is InChI=1S/C19H34O3/c1-3-5-7-9-10-11-13-15-17(14-12-8-6-4-2)19(16-22-19)18(20)21/h13,15,17H,3-12,14,16H2,1-2H3,(H,20,21)/b15-13-. The van der Waals surface area contributed by atoms with Gasteiger partial charge >= 0.3 is 5.97 Å². The average molecular weight is 310 g/mol. The van der Waals surface area contributed by atoms with Crippen LogP contribution in [-0.2, 0) is 9.53 Å². The summed E-state index contributed by atoms with van der Waals surface area (Å²) < 4.78 is 5.34. The molecule has 3 nitrogen and oxygen atoms in total. The summed E-state index contributed by atoms with van der Waals surface area (Å²) in [6.45, 7) is 4.80. The Morgan fingerprint density at radius 3 is 2.23 bits per heavy atom. The van der Waals surface area contributed by atoms with Gasteiger partial charge in [-0.2, -0.15) is 0 Å². The Kier molecular flexibility index (Phi) is 9.45. The molecule has 0 aliphatic carbocycles. The maximum atomic E-state index is 11.5. The van der Waals surface area contributed by atoms with Gasteiger partial charge in [-0.25, -0.2) is 4.79 Å². The number of epoxide rings is 1. The normalized spacial score (nSPS) is 22.1. The largest absolute Gasteiger partial charge is 0.479 e. The van der Waals surface area contributed by atoms with Crippen molar-refractivity contribution >= 4 is 5.97 Å². The van der Waals surface area contributed by atoms with E-state index in [1.807, 2.05) is 0 Å². The van der Waals surface area contributed by atoms with Gasteiger partial charge in [-0.15, -0.1) is 0 Å². The van der Waals surface area contributed by atoms with E-state index < -0.39 is 11.6 Å². The molecule has 0 saturated carbocycles. The molecule has 128 valence electrons. The van der Waals surface area contributed by atoms with Crippen molar-refractivity contribution in [2.45, 2.75) is 90.1 Å². The molecule has 1 rings (SSSR count). The van der Waals surface area contributed by atoms with E-state index in [2.05, 4.69) is 26.0 Å². The van der Waals surface area contributed by atoms with Gasteiger partial charge in [0.1, 0.15) is 0 Å². The van der Waals surface area contributed by atoms with Crippen molar-refractivity contribution in [3.63, 3.8) is 0 Å². The zero-order valence-electron chi connectivity index (χ0n) is 14.5. The second-order valence-electron chi connectivity index (χ2n) is 6.57. The van der Waals surface area contributed by atoms with Gasteiger partial charge in [0.15, 0.2) is 5.60 Å². The first-order valence-corrected chi connectivity index (χ1v) is 9.21. The van der Waals surface area contributed by atoms with E-state index in [1.165, 1.54) is 51.4 Å². The molecule has 22 heavy (non-hydrogen) atoms. The van der Waals surface area contributed by atoms with Crippen LogP contribution in [0, 0.1) is 5.92 Å². The number of hydrogen-bond donors (Lipinski definition) is 1. The first kappa shape index (κ1) is 19.2. The minimum absolute atomic E-state index is 0.0393. The van der Waals surface area contributed by atoms with Crippen LogP contribution in [0.5, 0.6) is 0 Å². The third-order valence-corrected chi connectivity index (χ3v) is 4.63. The predicted molar refractivity (Wildman–Crippen MR) is 91.1 cm³/mol. The highest BCUT2D eigenvalue weighted by atomic mass is 16.6. The second-order valence-corrected chi connectivity index (χ2v) is 6.57. The van der Waals surface area contributed by atoms with Gasteiger partial charge in [-0.1, -0.05) is 77.4 Å². The summed E-state index contributed by atoms with van der Waals surface area (Å²) in [5.41, 5.74) is -0.912. The van der Waals surface area contributed by atoms with Crippen LogP contribution in [0.3, 0.4) is 0 Å². The Hall–Kier alpha value is -0.830. The molecule has 0 amide bonds. The number of aliphatic carboxylic acids is 1. The van der Waals surface area contributed by atoms with Gasteiger partial charge in [0.05, 0.1) is 6.61 Å². The number of allylic oxidation sites excluding steroid dienone is 1. The molecule has 1 heterocycles. The lowest BCUT2D eigenvalue weighted by atomic mass is 9.87. The second kappa shape index (κ2) is 10.8. The van der Waals surface area contributed by atoms with E-state index in [0.717, 1.165) is 19.3 Å². The van der Waals surface area contributed by atoms with E-state index in [9.17, 15) is 9.90 Å². The molecule has 0 aromatic heterocycles. The van der Waals surface area contributed by atoms with Gasteiger partial charge in [0.25, 0.3) is 0 Å². The van der Waals surface area contributed by atoms with Crippen LogP contribution in [0.4, 0.5) is 0 Å². The summed E-state index contributed by atoms with van der Waals surface area (Å²) in [6, 6.07) is 0. The minimum Gasteiger partial charge on any atom is -0.479 e. The van der Waals surface area contributed by atoms with Crippen LogP contribution in [0.25, 0.3) is 0 Å². The van der Waals surface area contributed by atoms with E-state index in [4.69, 9.17) is 4.74 Å². The molecule has 1 aliphatic rings. The van der Waals surface area contributed by atoms with Crippen molar-refractivity contribution in [1.82, 2.24) is 0 Å². The number of unbranched alkanes of at least 4 members (excludes halogenated alkanes) is 8. The molecule has 1 aliphatic heterocycles. The monoisotopic (exact) mass is 310 g/mol. The summed E-state index contributed by atoms with van der Waals surface area (Å²) in [6.07, 6.45) is 17.4. The van der Waals surface area contributed by atoms with Crippen molar-refractivity contribution in [1.29, 1.82) is 0 Å². The fourth-order valence-corrected chi connectivity index (χ4v) is 2.98. The van der Waals surface area contributed by atoms with Crippen LogP contribution < -0.4 is 0 Å². The van der Waals surface area contributed by atoms with E-state index >= 15 is 0 Å². The summed E-state index contributed by atoms with van der Waals surface area (Å²) in [4.78, 5) is 11.5. The Morgan fingerprint density at radius 2 is 1.68 bits per heavy atom. The molecule has 1 fully saturated rings. The van der Waals surface area contributed by atoms with Crippen molar-refractivity contribution in [3.8, 4) is 0 Å². The van der Waals surface area contributed by atoms with Gasteiger partial charge < -0.3 is 9.84 Å². The number of carboxylic acids is 1. The summed E-state index contributed by atoms with van der Waals surface area (Å²) >= 11 is 0. The average Bonchev–Trinajstić information content (AvgIpc) is 3.30. The maximum absolute atomic E-state index is 11.5. The van der Waals surface area contributed by atoms with E-state index in [-0.39, 0.29) is 5.92 Å². The molecule has 1 N–H and O–H groups in total.